The van der Waals surface area contributed by atoms with E-state index in [0.717, 1.165) is 51.9 Å². The molecule has 0 aliphatic carbocycles. The molecule has 1 heterocycles. The predicted octanol–water partition coefficient (Wildman–Crippen LogP) is 0.866. The van der Waals surface area contributed by atoms with Gasteiger partial charge in [-0.1, -0.05) is 6.92 Å². The van der Waals surface area contributed by atoms with Crippen LogP contribution in [0.25, 0.3) is 0 Å². The highest BCUT2D eigenvalue weighted by Crippen LogP contribution is 2.27. The molecule has 0 N–H and O–H groups in total. The Morgan fingerprint density at radius 1 is 1.29 bits per heavy atom. The number of carbonyl (C=O) groups excluding carboxylic acids is 1. The summed E-state index contributed by atoms with van der Waals surface area (Å²) in [6, 6.07) is 0. The minimum absolute atomic E-state index is 0.249. The first kappa shape index (κ1) is 14.6. The van der Waals surface area contributed by atoms with Gasteiger partial charge in [0.15, 0.2) is 0 Å². The molecular weight excluding hydrogens is 216 g/mol. The van der Waals surface area contributed by atoms with E-state index in [1.54, 1.807) is 0 Å². The van der Waals surface area contributed by atoms with Gasteiger partial charge in [-0.2, -0.15) is 0 Å². The van der Waals surface area contributed by atoms with Crippen LogP contribution in [0.3, 0.4) is 0 Å². The number of hydrogen-bond acceptors (Lipinski definition) is 4. The van der Waals surface area contributed by atoms with E-state index >= 15 is 0 Å². The SMILES string of the molecule is CCCN(CCN(C)C)CC1(C=O)CCOC1. The van der Waals surface area contributed by atoms with E-state index in [1.165, 1.54) is 0 Å². The molecule has 1 rings (SSSR count). The van der Waals surface area contributed by atoms with Gasteiger partial charge in [0.2, 0.25) is 0 Å². The fourth-order valence-electron chi connectivity index (χ4n) is 2.25. The Kier molecular flexibility index (Phi) is 6.09. The molecule has 0 bridgehead atoms. The van der Waals surface area contributed by atoms with Crippen LogP contribution in [0.1, 0.15) is 19.8 Å². The van der Waals surface area contributed by atoms with Gasteiger partial charge in [-0.05, 0) is 33.5 Å². The molecule has 0 aromatic carbocycles. The normalized spacial score (nSPS) is 24.8. The van der Waals surface area contributed by atoms with Crippen LogP contribution in [0, 0.1) is 5.41 Å². The molecule has 100 valence electrons. The number of carbonyl (C=O) groups is 1. The van der Waals surface area contributed by atoms with Crippen molar-refractivity contribution in [1.82, 2.24) is 9.80 Å². The summed E-state index contributed by atoms with van der Waals surface area (Å²) in [6.07, 6.45) is 3.11. The van der Waals surface area contributed by atoms with Crippen molar-refractivity contribution >= 4 is 6.29 Å². The molecule has 4 nitrogen and oxygen atoms in total. The fraction of sp³-hybridized carbons (Fsp3) is 0.923. The molecule has 17 heavy (non-hydrogen) atoms. The molecule has 1 saturated heterocycles. The standard InChI is InChI=1S/C13H26N2O2/c1-4-6-15(8-7-14(2)3)10-13(11-16)5-9-17-12-13/h11H,4-10,12H2,1-3H3. The molecule has 0 aromatic rings. The monoisotopic (exact) mass is 242 g/mol. The lowest BCUT2D eigenvalue weighted by atomic mass is 9.88. The minimum atomic E-state index is -0.249. The van der Waals surface area contributed by atoms with Gasteiger partial charge in [0.1, 0.15) is 6.29 Å². The lowest BCUT2D eigenvalue weighted by Gasteiger charge is -2.30. The summed E-state index contributed by atoms with van der Waals surface area (Å²) in [5.74, 6) is 0. The van der Waals surface area contributed by atoms with Gasteiger partial charge in [-0.15, -0.1) is 0 Å². The predicted molar refractivity (Wildman–Crippen MR) is 69.2 cm³/mol. The van der Waals surface area contributed by atoms with Crippen molar-refractivity contribution in [3.05, 3.63) is 0 Å². The molecular formula is C13H26N2O2. The van der Waals surface area contributed by atoms with E-state index in [1.807, 2.05) is 0 Å². The highest BCUT2D eigenvalue weighted by molar-refractivity contribution is 5.60. The summed E-state index contributed by atoms with van der Waals surface area (Å²) < 4.78 is 5.39. The number of ether oxygens (including phenoxy) is 1. The summed E-state index contributed by atoms with van der Waals surface area (Å²) >= 11 is 0. The Hall–Kier alpha value is -0.450. The van der Waals surface area contributed by atoms with Crippen molar-refractivity contribution in [1.29, 1.82) is 0 Å². The topological polar surface area (TPSA) is 32.8 Å². The largest absolute Gasteiger partial charge is 0.380 e. The Morgan fingerprint density at radius 3 is 2.53 bits per heavy atom. The Balaban J connectivity index is 2.48. The van der Waals surface area contributed by atoms with Crippen molar-refractivity contribution in [3.63, 3.8) is 0 Å². The van der Waals surface area contributed by atoms with Crippen LogP contribution < -0.4 is 0 Å². The highest BCUT2D eigenvalue weighted by atomic mass is 16.5. The first-order valence-corrected chi connectivity index (χ1v) is 6.53. The van der Waals surface area contributed by atoms with Gasteiger partial charge in [0.05, 0.1) is 12.0 Å². The van der Waals surface area contributed by atoms with Crippen LogP contribution in [0.5, 0.6) is 0 Å². The first-order chi connectivity index (χ1) is 8.12. The van der Waals surface area contributed by atoms with E-state index in [0.29, 0.717) is 6.61 Å². The van der Waals surface area contributed by atoms with Crippen molar-refractivity contribution < 1.29 is 9.53 Å². The van der Waals surface area contributed by atoms with E-state index in [-0.39, 0.29) is 5.41 Å². The second-order valence-corrected chi connectivity index (χ2v) is 5.36. The van der Waals surface area contributed by atoms with Crippen LogP contribution in [-0.2, 0) is 9.53 Å². The van der Waals surface area contributed by atoms with Crippen LogP contribution in [0.2, 0.25) is 0 Å². The quantitative estimate of drug-likeness (QED) is 0.591. The molecule has 1 unspecified atom stereocenters. The number of likely N-dealkylation sites (N-methyl/N-ethyl adjacent to an activating group) is 1. The van der Waals surface area contributed by atoms with Crippen molar-refractivity contribution in [2.45, 2.75) is 19.8 Å². The molecule has 1 aliphatic heterocycles. The molecule has 0 spiro atoms. The van der Waals surface area contributed by atoms with E-state index in [4.69, 9.17) is 4.74 Å². The molecule has 0 amide bonds. The fourth-order valence-corrected chi connectivity index (χ4v) is 2.25. The second kappa shape index (κ2) is 7.09. The minimum Gasteiger partial charge on any atom is -0.380 e. The summed E-state index contributed by atoms with van der Waals surface area (Å²) in [5.41, 5.74) is -0.249. The molecule has 4 heteroatoms. The molecule has 1 atom stereocenters. The summed E-state index contributed by atoms with van der Waals surface area (Å²) in [7, 11) is 4.16. The number of nitrogens with zero attached hydrogens (tertiary/aromatic N) is 2. The Bertz CT molecular complexity index is 225. The lowest BCUT2D eigenvalue weighted by Crippen LogP contribution is -2.42. The third kappa shape index (κ3) is 4.74. The number of rotatable bonds is 8. The molecule has 0 aromatic heterocycles. The Morgan fingerprint density at radius 2 is 2.06 bits per heavy atom. The van der Waals surface area contributed by atoms with Gasteiger partial charge in [-0.25, -0.2) is 0 Å². The molecule has 1 fully saturated rings. The van der Waals surface area contributed by atoms with Crippen molar-refractivity contribution in [2.24, 2.45) is 5.41 Å². The van der Waals surface area contributed by atoms with Crippen LogP contribution in [-0.4, -0.2) is 69.6 Å². The van der Waals surface area contributed by atoms with Gasteiger partial charge in [0.25, 0.3) is 0 Å². The second-order valence-electron chi connectivity index (χ2n) is 5.36. The maximum Gasteiger partial charge on any atom is 0.129 e. The van der Waals surface area contributed by atoms with E-state index < -0.39 is 0 Å². The van der Waals surface area contributed by atoms with Gasteiger partial charge in [-0.3, -0.25) is 0 Å². The summed E-state index contributed by atoms with van der Waals surface area (Å²) in [5, 5.41) is 0. The average molecular weight is 242 g/mol. The van der Waals surface area contributed by atoms with Gasteiger partial charge in [0, 0.05) is 26.2 Å². The third-order valence-electron chi connectivity index (χ3n) is 3.33. The smallest absolute Gasteiger partial charge is 0.129 e. The molecule has 1 aliphatic rings. The zero-order valence-electron chi connectivity index (χ0n) is 11.4. The first-order valence-electron chi connectivity index (χ1n) is 6.53. The summed E-state index contributed by atoms with van der Waals surface area (Å²) in [4.78, 5) is 15.9. The van der Waals surface area contributed by atoms with Crippen LogP contribution in [0.4, 0.5) is 0 Å². The zero-order chi connectivity index (χ0) is 12.7. The van der Waals surface area contributed by atoms with E-state index in [9.17, 15) is 4.79 Å². The van der Waals surface area contributed by atoms with Crippen molar-refractivity contribution in [2.75, 3.05) is 53.5 Å². The zero-order valence-corrected chi connectivity index (χ0v) is 11.4. The van der Waals surface area contributed by atoms with Gasteiger partial charge >= 0.3 is 0 Å². The maximum atomic E-state index is 11.3. The average Bonchev–Trinajstić information content (AvgIpc) is 2.75. The molecule has 0 saturated carbocycles. The number of hydrogen-bond donors (Lipinski definition) is 0. The maximum absolute atomic E-state index is 11.3. The van der Waals surface area contributed by atoms with Crippen LogP contribution >= 0.6 is 0 Å². The summed E-state index contributed by atoms with van der Waals surface area (Å²) in [6.45, 7) is 7.47. The Labute approximate surface area is 105 Å². The number of aldehydes is 1. The lowest BCUT2D eigenvalue weighted by molar-refractivity contribution is -0.117. The third-order valence-corrected chi connectivity index (χ3v) is 3.33. The van der Waals surface area contributed by atoms with E-state index in [2.05, 4.69) is 30.8 Å². The van der Waals surface area contributed by atoms with Crippen molar-refractivity contribution in [3.8, 4) is 0 Å². The molecule has 0 radical (unpaired) electrons. The van der Waals surface area contributed by atoms with Gasteiger partial charge < -0.3 is 19.3 Å². The van der Waals surface area contributed by atoms with Crippen LogP contribution in [0.15, 0.2) is 0 Å². The highest BCUT2D eigenvalue weighted by Gasteiger charge is 2.36.